The lowest BCUT2D eigenvalue weighted by Crippen LogP contribution is -2.19. The number of amidine groups is 1. The van der Waals surface area contributed by atoms with Gasteiger partial charge in [0.25, 0.3) is 5.84 Å². The zero-order valence-corrected chi connectivity index (χ0v) is 9.30. The molecule has 84 valence electrons. The maximum Gasteiger partial charge on any atom is 0.280 e. The summed E-state index contributed by atoms with van der Waals surface area (Å²) in [5.74, 6) is 1.04. The van der Waals surface area contributed by atoms with Crippen LogP contribution in [0.3, 0.4) is 0 Å². The second-order valence-corrected chi connectivity index (χ2v) is 4.14. The van der Waals surface area contributed by atoms with E-state index < -0.39 is 0 Å². The molecule has 17 heavy (non-hydrogen) atoms. The second-order valence-electron chi connectivity index (χ2n) is 4.14. The molecule has 0 aromatic heterocycles. The Labute approximate surface area is 99.5 Å². The molecule has 3 heteroatoms. The molecule has 0 fully saturated rings. The average molecular weight is 225 g/mol. The highest BCUT2D eigenvalue weighted by atomic mass is 16.3. The maximum absolute atomic E-state index is 9.28. The van der Waals surface area contributed by atoms with Gasteiger partial charge < -0.3 is 5.11 Å². The van der Waals surface area contributed by atoms with Crippen LogP contribution in [-0.2, 0) is 6.54 Å². The first-order valence-electron chi connectivity index (χ1n) is 5.53. The molecule has 0 spiro atoms. The highest BCUT2D eigenvalue weighted by molar-refractivity contribution is 5.97. The molecule has 0 amide bonds. The van der Waals surface area contributed by atoms with Gasteiger partial charge in [-0.05, 0) is 30.3 Å². The number of phenols is 1. The van der Waals surface area contributed by atoms with E-state index in [4.69, 9.17) is 5.73 Å². The van der Waals surface area contributed by atoms with E-state index in [1.54, 1.807) is 12.1 Å². The van der Waals surface area contributed by atoms with E-state index in [9.17, 15) is 5.11 Å². The molecule has 1 aliphatic rings. The Balaban J connectivity index is 2.08. The van der Waals surface area contributed by atoms with Gasteiger partial charge in [0.1, 0.15) is 18.0 Å². The highest BCUT2D eigenvalue weighted by Gasteiger charge is 2.25. The van der Waals surface area contributed by atoms with Crippen LogP contribution >= 0.6 is 0 Å². The number of aromatic hydroxyl groups is 1. The van der Waals surface area contributed by atoms with E-state index in [0.29, 0.717) is 0 Å². The predicted molar refractivity (Wildman–Crippen MR) is 66.5 cm³/mol. The van der Waals surface area contributed by atoms with Crippen molar-refractivity contribution in [3.05, 3.63) is 59.7 Å². The van der Waals surface area contributed by atoms with Crippen molar-refractivity contribution in [1.29, 1.82) is 0 Å². The lowest BCUT2D eigenvalue weighted by molar-refractivity contribution is -0.453. The van der Waals surface area contributed by atoms with Gasteiger partial charge in [0, 0.05) is 5.56 Å². The van der Waals surface area contributed by atoms with Gasteiger partial charge in [-0.3, -0.25) is 5.73 Å². The Bertz CT molecular complexity index is 600. The lowest BCUT2D eigenvalue weighted by atomic mass is 10.1. The maximum atomic E-state index is 9.28. The molecule has 0 atom stereocenters. The molecule has 0 saturated carbocycles. The molecule has 1 heterocycles. The lowest BCUT2D eigenvalue weighted by Gasteiger charge is -2.02. The number of rotatable bonds is 1. The molecule has 3 N–H and O–H groups in total. The topological polar surface area (TPSA) is 49.3 Å². The van der Waals surface area contributed by atoms with Gasteiger partial charge in [-0.2, -0.15) is 0 Å². The summed E-state index contributed by atoms with van der Waals surface area (Å²) in [4.78, 5) is 0. The summed E-state index contributed by atoms with van der Waals surface area (Å²) >= 11 is 0. The van der Waals surface area contributed by atoms with Crippen molar-refractivity contribution in [2.24, 2.45) is 5.73 Å². The number of benzene rings is 2. The predicted octanol–water partition coefficient (Wildman–Crippen LogP) is 1.96. The average Bonchev–Trinajstić information content (AvgIpc) is 2.69. The first-order valence-corrected chi connectivity index (χ1v) is 5.53. The van der Waals surface area contributed by atoms with Gasteiger partial charge in [0.15, 0.2) is 0 Å². The Morgan fingerprint density at radius 1 is 1.00 bits per heavy atom. The van der Waals surface area contributed by atoms with Gasteiger partial charge in [-0.1, -0.05) is 18.2 Å². The molecular weight excluding hydrogens is 212 g/mol. The minimum absolute atomic E-state index is 0.268. The Hall–Kier alpha value is -2.29. The summed E-state index contributed by atoms with van der Waals surface area (Å²) in [6.45, 7) is 0.785. The SMILES string of the molecule is NC1=[N+](c2ccc(O)cc2)Cc2ccccc21. The number of phenolic OH excluding ortho intramolecular Hbond substituents is 1. The van der Waals surface area contributed by atoms with Gasteiger partial charge in [-0.25, -0.2) is 4.58 Å². The fraction of sp³-hybridized carbons (Fsp3) is 0.0714. The number of fused-ring (bicyclic) bond motifs is 1. The monoisotopic (exact) mass is 225 g/mol. The van der Waals surface area contributed by atoms with Crippen LogP contribution in [0.25, 0.3) is 0 Å². The summed E-state index contributed by atoms with van der Waals surface area (Å²) < 4.78 is 2.05. The minimum atomic E-state index is 0.268. The van der Waals surface area contributed by atoms with Crippen LogP contribution in [0.1, 0.15) is 11.1 Å². The number of nitrogens with zero attached hydrogens (tertiary/aromatic N) is 1. The van der Waals surface area contributed by atoms with Crippen molar-refractivity contribution in [3.63, 3.8) is 0 Å². The van der Waals surface area contributed by atoms with Crippen LogP contribution in [0, 0.1) is 0 Å². The molecule has 0 saturated heterocycles. The molecule has 3 rings (SSSR count). The highest BCUT2D eigenvalue weighted by Crippen LogP contribution is 2.24. The summed E-state index contributed by atoms with van der Waals surface area (Å²) in [7, 11) is 0. The molecule has 2 aromatic rings. The third-order valence-electron chi connectivity index (χ3n) is 3.07. The van der Waals surface area contributed by atoms with E-state index in [1.807, 2.05) is 34.9 Å². The first kappa shape index (κ1) is 9.90. The fourth-order valence-corrected chi connectivity index (χ4v) is 2.17. The van der Waals surface area contributed by atoms with Crippen LogP contribution in [0.4, 0.5) is 5.69 Å². The van der Waals surface area contributed by atoms with Gasteiger partial charge in [0.05, 0.1) is 5.56 Å². The Morgan fingerprint density at radius 3 is 2.41 bits per heavy atom. The molecule has 0 aliphatic carbocycles. The molecule has 0 unspecified atom stereocenters. The largest absolute Gasteiger partial charge is 0.508 e. The Kier molecular flexibility index (Phi) is 2.11. The van der Waals surface area contributed by atoms with Crippen molar-refractivity contribution in [2.75, 3.05) is 0 Å². The summed E-state index contributed by atoms with van der Waals surface area (Å²) in [5.41, 5.74) is 9.47. The summed E-state index contributed by atoms with van der Waals surface area (Å²) in [6.07, 6.45) is 0. The van der Waals surface area contributed by atoms with Crippen molar-refractivity contribution in [1.82, 2.24) is 0 Å². The standard InChI is InChI=1S/C14H12N2O/c15-14-13-4-2-1-3-10(13)9-16(14)11-5-7-12(17)8-6-11/h1-8,15,17H,9H2/p+1. The molecular formula is C14H13N2O+. The van der Waals surface area contributed by atoms with Gasteiger partial charge in [-0.15, -0.1) is 0 Å². The third-order valence-corrected chi connectivity index (χ3v) is 3.07. The molecule has 1 aliphatic heterocycles. The third kappa shape index (κ3) is 1.56. The Morgan fingerprint density at radius 2 is 1.71 bits per heavy atom. The van der Waals surface area contributed by atoms with E-state index in [2.05, 4.69) is 6.07 Å². The van der Waals surface area contributed by atoms with E-state index in [-0.39, 0.29) is 5.75 Å². The van der Waals surface area contributed by atoms with Gasteiger partial charge in [0.2, 0.25) is 0 Å². The van der Waals surface area contributed by atoms with E-state index in [0.717, 1.165) is 23.6 Å². The molecule has 2 aromatic carbocycles. The second kappa shape index (κ2) is 3.63. The molecule has 0 bridgehead atoms. The van der Waals surface area contributed by atoms with E-state index >= 15 is 0 Å². The fourth-order valence-electron chi connectivity index (χ4n) is 2.17. The smallest absolute Gasteiger partial charge is 0.280 e. The number of hydrogen-bond acceptors (Lipinski definition) is 2. The van der Waals surface area contributed by atoms with Crippen LogP contribution in [0.15, 0.2) is 48.5 Å². The van der Waals surface area contributed by atoms with Crippen LogP contribution < -0.4 is 5.73 Å². The van der Waals surface area contributed by atoms with Crippen molar-refractivity contribution in [3.8, 4) is 5.75 Å². The van der Waals surface area contributed by atoms with Gasteiger partial charge >= 0.3 is 0 Å². The quantitative estimate of drug-likeness (QED) is 0.729. The number of nitrogens with two attached hydrogens (primary N) is 1. The first-order chi connectivity index (χ1) is 8.25. The van der Waals surface area contributed by atoms with Crippen molar-refractivity contribution >= 4 is 11.5 Å². The van der Waals surface area contributed by atoms with E-state index in [1.165, 1.54) is 5.56 Å². The van der Waals surface area contributed by atoms with Crippen LogP contribution in [-0.4, -0.2) is 15.5 Å². The minimum Gasteiger partial charge on any atom is -0.508 e. The van der Waals surface area contributed by atoms with Crippen LogP contribution in [0.5, 0.6) is 5.75 Å². The summed E-state index contributed by atoms with van der Waals surface area (Å²) in [6, 6.07) is 15.2. The molecule has 3 nitrogen and oxygen atoms in total. The van der Waals surface area contributed by atoms with Crippen molar-refractivity contribution in [2.45, 2.75) is 6.54 Å². The zero-order valence-electron chi connectivity index (χ0n) is 9.30. The zero-order chi connectivity index (χ0) is 11.8. The summed E-state index contributed by atoms with van der Waals surface area (Å²) in [5, 5.41) is 9.28. The van der Waals surface area contributed by atoms with Crippen molar-refractivity contribution < 1.29 is 9.68 Å². The normalized spacial score (nSPS) is 13.9. The molecule has 0 radical (unpaired) electrons. The number of hydrogen-bond donors (Lipinski definition) is 2. The van der Waals surface area contributed by atoms with Crippen LogP contribution in [0.2, 0.25) is 0 Å².